The molecule has 1 aliphatic carbocycles. The molecule has 1 aromatic carbocycles. The molecule has 0 aliphatic heterocycles. The summed E-state index contributed by atoms with van der Waals surface area (Å²) in [4.78, 5) is 4.13. The van der Waals surface area contributed by atoms with Gasteiger partial charge in [0.15, 0.2) is 0 Å². The van der Waals surface area contributed by atoms with Gasteiger partial charge >= 0.3 is 0 Å². The van der Waals surface area contributed by atoms with E-state index >= 15 is 0 Å². The Balaban J connectivity index is 1.52. The van der Waals surface area contributed by atoms with E-state index in [-0.39, 0.29) is 30.6 Å². The van der Waals surface area contributed by atoms with Crippen LogP contribution >= 0.6 is 15.9 Å². The van der Waals surface area contributed by atoms with E-state index in [0.29, 0.717) is 21.7 Å². The molecule has 3 aromatic rings. The summed E-state index contributed by atoms with van der Waals surface area (Å²) in [6.07, 6.45) is 0.884. The topological polar surface area (TPSA) is 59.9 Å². The predicted molar refractivity (Wildman–Crippen MR) is 110 cm³/mol. The fourth-order valence-electron chi connectivity index (χ4n) is 3.70. The Labute approximate surface area is 179 Å². The van der Waals surface area contributed by atoms with Crippen molar-refractivity contribution in [1.29, 1.82) is 0 Å². The zero-order valence-corrected chi connectivity index (χ0v) is 17.6. The van der Waals surface area contributed by atoms with E-state index in [1.807, 2.05) is 0 Å². The molecule has 30 heavy (non-hydrogen) atoms. The molecule has 2 heterocycles. The van der Waals surface area contributed by atoms with Crippen LogP contribution in [0, 0.1) is 11.6 Å². The Bertz CT molecular complexity index is 1060. The Kier molecular flexibility index (Phi) is 5.64. The van der Waals surface area contributed by atoms with Gasteiger partial charge in [-0.2, -0.15) is 0 Å². The average molecular weight is 479 g/mol. The van der Waals surface area contributed by atoms with Crippen LogP contribution in [0.2, 0.25) is 0 Å². The second-order valence-electron chi connectivity index (χ2n) is 7.24. The van der Waals surface area contributed by atoms with Crippen molar-refractivity contribution in [2.45, 2.75) is 24.4 Å². The summed E-state index contributed by atoms with van der Waals surface area (Å²) in [5, 5.41) is 11.2. The number of halogens is 4. The normalized spacial score (nSPS) is 20.5. The van der Waals surface area contributed by atoms with Crippen molar-refractivity contribution >= 4 is 21.7 Å². The molecule has 0 atom stereocenters. The molecule has 0 spiro atoms. The first-order valence-electron chi connectivity index (χ1n) is 9.28. The van der Waals surface area contributed by atoms with Gasteiger partial charge < -0.3 is 10.1 Å². The van der Waals surface area contributed by atoms with Crippen molar-refractivity contribution in [2.24, 2.45) is 0 Å². The van der Waals surface area contributed by atoms with Crippen LogP contribution in [-0.2, 0) is 5.41 Å². The van der Waals surface area contributed by atoms with Gasteiger partial charge in [-0.05, 0) is 59.1 Å². The Morgan fingerprint density at radius 3 is 2.60 bits per heavy atom. The van der Waals surface area contributed by atoms with Gasteiger partial charge in [-0.1, -0.05) is 0 Å². The lowest BCUT2D eigenvalue weighted by Crippen LogP contribution is -2.49. The molecule has 0 amide bonds. The highest BCUT2D eigenvalue weighted by Crippen LogP contribution is 2.45. The summed E-state index contributed by atoms with van der Waals surface area (Å²) < 4.78 is 47.9. The first-order chi connectivity index (χ1) is 14.4. The molecule has 0 bridgehead atoms. The monoisotopic (exact) mass is 478 g/mol. The number of rotatable bonds is 6. The van der Waals surface area contributed by atoms with Crippen LogP contribution in [0.3, 0.4) is 0 Å². The summed E-state index contributed by atoms with van der Waals surface area (Å²) in [6, 6.07) is 8.94. The molecule has 0 saturated heterocycles. The van der Waals surface area contributed by atoms with Crippen molar-refractivity contribution in [3.63, 3.8) is 0 Å². The number of hydrogen-bond acceptors (Lipinski definition) is 5. The molecule has 156 valence electrons. The highest BCUT2D eigenvalue weighted by Gasteiger charge is 2.48. The van der Waals surface area contributed by atoms with Gasteiger partial charge in [0.05, 0.1) is 23.0 Å². The minimum Gasteiger partial charge on any atom is -0.495 e. The number of benzene rings is 1. The molecule has 0 unspecified atom stereocenters. The Hall–Kier alpha value is -2.68. The van der Waals surface area contributed by atoms with Gasteiger partial charge in [0, 0.05) is 29.8 Å². The average Bonchev–Trinajstić information content (AvgIpc) is 2.72. The fourth-order valence-corrected chi connectivity index (χ4v) is 4.20. The number of methoxy groups -OCH3 is 1. The fraction of sp³-hybridized carbons (Fsp3) is 0.286. The van der Waals surface area contributed by atoms with Crippen molar-refractivity contribution < 1.29 is 17.9 Å². The van der Waals surface area contributed by atoms with Crippen molar-refractivity contribution in [2.75, 3.05) is 19.0 Å². The van der Waals surface area contributed by atoms with Crippen molar-refractivity contribution in [1.82, 2.24) is 15.2 Å². The smallest absolute Gasteiger partial charge is 0.148 e. The van der Waals surface area contributed by atoms with E-state index in [1.54, 1.807) is 18.2 Å². The molecule has 1 N–H and O–H groups in total. The quantitative estimate of drug-likeness (QED) is 0.535. The molecule has 9 heteroatoms. The molecule has 1 fully saturated rings. The third kappa shape index (κ3) is 3.86. The van der Waals surface area contributed by atoms with Gasteiger partial charge in [-0.15, -0.1) is 10.2 Å². The molecule has 1 saturated carbocycles. The summed E-state index contributed by atoms with van der Waals surface area (Å²) in [6.45, 7) is 0.262. The minimum absolute atomic E-state index is 0.185. The van der Waals surface area contributed by atoms with E-state index < -0.39 is 23.2 Å². The lowest BCUT2D eigenvalue weighted by atomic mass is 9.65. The number of nitrogens with zero attached hydrogens (tertiary/aromatic N) is 3. The second-order valence-corrected chi connectivity index (χ2v) is 8.10. The third-order valence-corrected chi connectivity index (χ3v) is 5.89. The van der Waals surface area contributed by atoms with Gasteiger partial charge in [-0.25, -0.2) is 13.2 Å². The Morgan fingerprint density at radius 2 is 1.97 bits per heavy atom. The van der Waals surface area contributed by atoms with E-state index in [4.69, 9.17) is 4.74 Å². The number of nitrogens with one attached hydrogen (secondary N) is 1. The number of anilines is 1. The molecular weight excluding hydrogens is 461 g/mol. The largest absolute Gasteiger partial charge is 0.495 e. The third-order valence-electron chi connectivity index (χ3n) is 5.28. The highest BCUT2D eigenvalue weighted by atomic mass is 79.9. The molecular formula is C21H18BrF3N4O. The van der Waals surface area contributed by atoms with Gasteiger partial charge in [-0.3, -0.25) is 4.98 Å². The van der Waals surface area contributed by atoms with Crippen LogP contribution in [0.15, 0.2) is 47.1 Å². The van der Waals surface area contributed by atoms with E-state index in [9.17, 15) is 13.2 Å². The van der Waals surface area contributed by atoms with Gasteiger partial charge in [0.2, 0.25) is 0 Å². The lowest BCUT2D eigenvalue weighted by molar-refractivity contribution is 0.0964. The van der Waals surface area contributed by atoms with Crippen LogP contribution in [0.1, 0.15) is 18.5 Å². The summed E-state index contributed by atoms with van der Waals surface area (Å²) in [5.74, 6) is -0.141. The molecule has 2 aromatic heterocycles. The highest BCUT2D eigenvalue weighted by molar-refractivity contribution is 9.10. The zero-order chi connectivity index (χ0) is 21.3. The number of pyridine rings is 1. The summed E-state index contributed by atoms with van der Waals surface area (Å²) in [5.41, 5.74) is 0.131. The van der Waals surface area contributed by atoms with Crippen LogP contribution in [-0.4, -0.2) is 35.0 Å². The van der Waals surface area contributed by atoms with Crippen LogP contribution < -0.4 is 10.1 Å². The number of alkyl halides is 1. The first kappa shape index (κ1) is 20.6. The Morgan fingerprint density at radius 1 is 1.17 bits per heavy atom. The maximum absolute atomic E-state index is 14.4. The van der Waals surface area contributed by atoms with Crippen LogP contribution in [0.25, 0.3) is 11.3 Å². The van der Waals surface area contributed by atoms with Gasteiger partial charge in [0.25, 0.3) is 0 Å². The first-order valence-corrected chi connectivity index (χ1v) is 10.1. The maximum Gasteiger partial charge on any atom is 0.148 e. The molecule has 0 radical (unpaired) electrons. The van der Waals surface area contributed by atoms with E-state index in [0.717, 1.165) is 0 Å². The number of hydrogen-bond donors (Lipinski definition) is 1. The molecule has 4 rings (SSSR count). The maximum atomic E-state index is 14.4. The minimum atomic E-state index is -0.988. The van der Waals surface area contributed by atoms with Crippen LogP contribution in [0.4, 0.5) is 19.0 Å². The van der Waals surface area contributed by atoms with Crippen molar-refractivity contribution in [3.05, 3.63) is 64.4 Å². The molecule has 1 aliphatic rings. The number of aromatic nitrogens is 3. The standard InChI is InChI=1S/C21H18BrF3N4O/c1-30-18-8-16(25)13(7-14(18)22)17-4-5-19(29-28-17)27-11-21(9-12(23)10-21)20-15(24)3-2-6-26-20/h2-8,12H,9-11H2,1H3,(H,27,29). The van der Waals surface area contributed by atoms with Gasteiger partial charge in [0.1, 0.15) is 29.4 Å². The second kappa shape index (κ2) is 8.22. The van der Waals surface area contributed by atoms with Crippen molar-refractivity contribution in [3.8, 4) is 17.0 Å². The predicted octanol–water partition coefficient (Wildman–Crippen LogP) is 5.07. The SMILES string of the molecule is COc1cc(F)c(-c2ccc(NCC3(c4ncccc4F)CC(F)C3)nn2)cc1Br. The van der Waals surface area contributed by atoms with E-state index in [2.05, 4.69) is 36.4 Å². The summed E-state index contributed by atoms with van der Waals surface area (Å²) >= 11 is 3.33. The molecule has 5 nitrogen and oxygen atoms in total. The zero-order valence-electron chi connectivity index (χ0n) is 16.0. The summed E-state index contributed by atoms with van der Waals surface area (Å²) in [7, 11) is 1.45. The van der Waals surface area contributed by atoms with Crippen LogP contribution in [0.5, 0.6) is 5.75 Å². The van der Waals surface area contributed by atoms with E-state index in [1.165, 1.54) is 31.5 Å². The number of ether oxygens (including phenoxy) is 1. The lowest BCUT2D eigenvalue weighted by Gasteiger charge is -2.44.